The number of anilines is 2. The van der Waals surface area contributed by atoms with Gasteiger partial charge in [0.1, 0.15) is 6.23 Å². The Balaban J connectivity index is 1.25. The molecule has 1 saturated heterocycles. The first-order chi connectivity index (χ1) is 18.2. The molecule has 2 aliphatic heterocycles. The molecule has 0 bridgehead atoms. The van der Waals surface area contributed by atoms with Crippen LogP contribution in [0, 0.1) is 0 Å². The number of amides is 1. The zero-order valence-corrected chi connectivity index (χ0v) is 20.9. The molecule has 1 atom stereocenters. The number of pyridine rings is 1. The number of nitrogens with zero attached hydrogens (tertiary/aromatic N) is 5. The highest BCUT2D eigenvalue weighted by molar-refractivity contribution is 5.81. The number of hydrogen-bond acceptors (Lipinski definition) is 7. The van der Waals surface area contributed by atoms with E-state index in [4.69, 9.17) is 0 Å². The van der Waals surface area contributed by atoms with Gasteiger partial charge in [0, 0.05) is 56.1 Å². The Hall–Kier alpha value is -3.48. The van der Waals surface area contributed by atoms with Crippen molar-refractivity contribution in [2.45, 2.75) is 37.7 Å². The van der Waals surface area contributed by atoms with E-state index in [1.54, 1.807) is 10.7 Å². The summed E-state index contributed by atoms with van der Waals surface area (Å²) in [5.41, 5.74) is 4.04. The van der Waals surface area contributed by atoms with Gasteiger partial charge in [0.2, 0.25) is 11.9 Å². The summed E-state index contributed by atoms with van der Waals surface area (Å²) >= 11 is 0. The number of fused-ring (bicyclic) bond motifs is 1. The molecule has 1 unspecified atom stereocenters. The third-order valence-corrected chi connectivity index (χ3v) is 7.08. The van der Waals surface area contributed by atoms with Crippen LogP contribution in [0.3, 0.4) is 0 Å². The Morgan fingerprint density at radius 1 is 1.26 bits per heavy atom. The molecule has 0 spiro atoms. The van der Waals surface area contributed by atoms with E-state index in [1.165, 1.54) is 4.90 Å². The second kappa shape index (κ2) is 10.7. The quantitative estimate of drug-likeness (QED) is 0.385. The topological polar surface area (TPSA) is 98.0 Å². The van der Waals surface area contributed by atoms with Gasteiger partial charge >= 0.3 is 6.18 Å². The minimum absolute atomic E-state index is 0.261. The second-order valence-corrected chi connectivity index (χ2v) is 9.66. The molecule has 3 N–H and O–H groups in total. The van der Waals surface area contributed by atoms with E-state index in [0.717, 1.165) is 35.5 Å². The number of likely N-dealkylation sites (N-methyl/N-ethyl adjacent to an activating group) is 1. The normalized spacial score (nSPS) is 17.4. The van der Waals surface area contributed by atoms with Gasteiger partial charge in [-0.05, 0) is 48.9 Å². The van der Waals surface area contributed by atoms with Crippen molar-refractivity contribution in [1.29, 1.82) is 0 Å². The Morgan fingerprint density at radius 3 is 2.66 bits per heavy atom. The number of nitrogens with one attached hydrogen (secondary N) is 2. The summed E-state index contributed by atoms with van der Waals surface area (Å²) in [6.45, 7) is 2.35. The minimum Gasteiger partial charge on any atom is -0.374 e. The maximum atomic E-state index is 12.5. The van der Waals surface area contributed by atoms with Crippen LogP contribution in [0.4, 0.5) is 24.8 Å². The molecule has 0 aliphatic carbocycles. The van der Waals surface area contributed by atoms with Crippen LogP contribution in [0.25, 0.3) is 11.2 Å². The van der Waals surface area contributed by atoms with Crippen LogP contribution in [-0.4, -0.2) is 80.9 Å². The predicted octanol–water partition coefficient (Wildman–Crippen LogP) is 3.33. The Bertz CT molecular complexity index is 1320. The lowest BCUT2D eigenvalue weighted by Crippen LogP contribution is -2.56. The van der Waals surface area contributed by atoms with Crippen molar-refractivity contribution in [3.8, 4) is 0 Å². The van der Waals surface area contributed by atoms with Gasteiger partial charge in [-0.2, -0.15) is 18.2 Å². The van der Waals surface area contributed by atoms with Crippen molar-refractivity contribution < 1.29 is 23.1 Å². The largest absolute Gasteiger partial charge is 0.389 e. The van der Waals surface area contributed by atoms with Crippen LogP contribution < -0.4 is 10.6 Å². The van der Waals surface area contributed by atoms with E-state index < -0.39 is 31.2 Å². The van der Waals surface area contributed by atoms with Crippen molar-refractivity contribution in [2.24, 2.45) is 0 Å². The molecule has 1 amide bonds. The van der Waals surface area contributed by atoms with Crippen molar-refractivity contribution in [3.63, 3.8) is 0 Å². The van der Waals surface area contributed by atoms with Crippen LogP contribution in [0.2, 0.25) is 0 Å². The van der Waals surface area contributed by atoms with Crippen LogP contribution in [0.5, 0.6) is 0 Å². The van der Waals surface area contributed by atoms with E-state index >= 15 is 0 Å². The average molecular weight is 530 g/mol. The fourth-order valence-corrected chi connectivity index (χ4v) is 4.62. The number of benzene rings is 1. The molecule has 3 aromatic rings. The summed E-state index contributed by atoms with van der Waals surface area (Å²) in [6, 6.07) is 11.6. The van der Waals surface area contributed by atoms with E-state index in [9.17, 15) is 23.1 Å². The summed E-state index contributed by atoms with van der Waals surface area (Å²) in [5.74, 6) is -0.0844. The van der Waals surface area contributed by atoms with Gasteiger partial charge < -0.3 is 20.6 Å². The molecular formula is C26H30F3N7O2. The molecule has 0 saturated carbocycles. The molecule has 4 heterocycles. The predicted molar refractivity (Wildman–Crippen MR) is 137 cm³/mol. The third-order valence-electron chi connectivity index (χ3n) is 7.08. The average Bonchev–Trinajstić information content (AvgIpc) is 3.28. The molecule has 202 valence electrons. The lowest BCUT2D eigenvalue weighted by Gasteiger charge is -2.38. The molecule has 1 fully saturated rings. The number of aromatic nitrogens is 3. The van der Waals surface area contributed by atoms with E-state index in [1.807, 2.05) is 54.4 Å². The number of carbonyl (C=O) groups is 1. The second-order valence-electron chi connectivity index (χ2n) is 9.66. The van der Waals surface area contributed by atoms with Crippen LogP contribution in [0.1, 0.15) is 36.6 Å². The molecule has 9 nitrogen and oxygen atoms in total. The number of rotatable bonds is 8. The van der Waals surface area contributed by atoms with Gasteiger partial charge in [0.25, 0.3) is 0 Å². The first-order valence-corrected chi connectivity index (χ1v) is 12.5. The van der Waals surface area contributed by atoms with Crippen molar-refractivity contribution in [2.75, 3.05) is 38.5 Å². The molecule has 38 heavy (non-hydrogen) atoms. The minimum atomic E-state index is -4.34. The van der Waals surface area contributed by atoms with E-state index in [0.29, 0.717) is 30.6 Å². The van der Waals surface area contributed by atoms with Gasteiger partial charge in [-0.3, -0.25) is 9.69 Å². The molecule has 2 aromatic heterocycles. The molecule has 12 heteroatoms. The van der Waals surface area contributed by atoms with Crippen molar-refractivity contribution in [1.82, 2.24) is 29.7 Å². The standard InChI is InChI=1S/C26H30F3N7O2/c1-34(20-15-30-16-20)24(38)18-4-6-19(7-5-18)31-25-32-23-21(3-2-12-36(23)33-25)17-9-13-35(14-10-17)22(37)8-11-26(27,28)29/h2-7,9,12,20,24,30,38H,8,10-11,13-16H2,1H3,(H,31,33). The van der Waals surface area contributed by atoms with E-state index in [2.05, 4.69) is 20.7 Å². The highest BCUT2D eigenvalue weighted by Gasteiger charge is 2.30. The number of carbonyl (C=O) groups excluding carboxylic acids is 1. The van der Waals surface area contributed by atoms with Crippen LogP contribution in [0.15, 0.2) is 48.7 Å². The van der Waals surface area contributed by atoms with Crippen LogP contribution >= 0.6 is 0 Å². The Labute approximate surface area is 217 Å². The Morgan fingerprint density at radius 2 is 2.03 bits per heavy atom. The van der Waals surface area contributed by atoms with E-state index in [-0.39, 0.29) is 6.54 Å². The smallest absolute Gasteiger partial charge is 0.374 e. The summed E-state index contributed by atoms with van der Waals surface area (Å²) in [6.07, 6.45) is -2.49. The monoisotopic (exact) mass is 529 g/mol. The Kier molecular flexibility index (Phi) is 7.37. The summed E-state index contributed by atoms with van der Waals surface area (Å²) in [5, 5.41) is 21.6. The molecule has 0 radical (unpaired) electrons. The van der Waals surface area contributed by atoms with Gasteiger partial charge in [-0.25, -0.2) is 4.52 Å². The zero-order valence-electron chi connectivity index (χ0n) is 20.9. The molecular weight excluding hydrogens is 499 g/mol. The first kappa shape index (κ1) is 26.1. The lowest BCUT2D eigenvalue weighted by atomic mass is 10.00. The number of hydrogen-bond donors (Lipinski definition) is 3. The van der Waals surface area contributed by atoms with Crippen LogP contribution in [-0.2, 0) is 4.79 Å². The molecule has 5 rings (SSSR count). The maximum Gasteiger partial charge on any atom is 0.389 e. The maximum absolute atomic E-state index is 12.5. The molecule has 2 aliphatic rings. The first-order valence-electron chi connectivity index (χ1n) is 12.5. The highest BCUT2D eigenvalue weighted by atomic mass is 19.4. The SMILES string of the molecule is CN(C1CNC1)C(O)c1ccc(Nc2nc3c(C4=CCN(C(=O)CCC(F)(F)F)CC4)cccn3n2)cc1. The number of aliphatic hydroxyl groups excluding tert-OH is 1. The van der Waals surface area contributed by atoms with Gasteiger partial charge in [-0.15, -0.1) is 5.10 Å². The fourth-order valence-electron chi connectivity index (χ4n) is 4.62. The third kappa shape index (κ3) is 5.82. The van der Waals surface area contributed by atoms with Gasteiger partial charge in [0.15, 0.2) is 5.65 Å². The highest BCUT2D eigenvalue weighted by Crippen LogP contribution is 2.28. The molecule has 1 aromatic carbocycles. The number of alkyl halides is 3. The zero-order chi connectivity index (χ0) is 26.9. The number of halogens is 3. The number of aliphatic hydroxyl groups is 1. The van der Waals surface area contributed by atoms with Gasteiger partial charge in [-0.1, -0.05) is 18.2 Å². The fraction of sp³-hybridized carbons (Fsp3) is 0.423. The van der Waals surface area contributed by atoms with Gasteiger partial charge in [0.05, 0.1) is 6.42 Å². The summed E-state index contributed by atoms with van der Waals surface area (Å²) in [7, 11) is 1.91. The summed E-state index contributed by atoms with van der Waals surface area (Å²) < 4.78 is 39.0. The van der Waals surface area contributed by atoms with Crippen molar-refractivity contribution >= 4 is 28.8 Å². The lowest BCUT2D eigenvalue weighted by molar-refractivity contribution is -0.148. The summed E-state index contributed by atoms with van der Waals surface area (Å²) in [4.78, 5) is 20.2. The van der Waals surface area contributed by atoms with Crippen molar-refractivity contribution in [3.05, 3.63) is 59.8 Å².